The van der Waals surface area contributed by atoms with Crippen LogP contribution in [0.3, 0.4) is 0 Å². The van der Waals surface area contributed by atoms with Crippen molar-refractivity contribution in [3.05, 3.63) is 58.9 Å². The summed E-state index contributed by atoms with van der Waals surface area (Å²) < 4.78 is 25.8. The monoisotopic (exact) mass is 414 g/mol. The summed E-state index contributed by atoms with van der Waals surface area (Å²) in [5.74, 6) is -0.301. The quantitative estimate of drug-likeness (QED) is 0.699. The summed E-state index contributed by atoms with van der Waals surface area (Å²) in [6, 6.07) is 10.7. The van der Waals surface area contributed by atoms with Crippen LogP contribution in [0.1, 0.15) is 66.3 Å². The molecule has 0 N–H and O–H groups in total. The molecule has 1 atom stereocenters. The van der Waals surface area contributed by atoms with Gasteiger partial charge in [0.15, 0.2) is 9.84 Å². The van der Waals surface area contributed by atoms with Crippen LogP contribution in [-0.4, -0.2) is 36.8 Å². The van der Waals surface area contributed by atoms with E-state index in [1.165, 1.54) is 0 Å². The summed E-state index contributed by atoms with van der Waals surface area (Å²) in [5.41, 5.74) is 2.49. The van der Waals surface area contributed by atoms with Crippen molar-refractivity contribution in [3.63, 3.8) is 0 Å². The van der Waals surface area contributed by atoms with Gasteiger partial charge < -0.3 is 4.90 Å². The molecule has 1 aromatic heterocycles. The molecular formula is C23H30N2O3S. The van der Waals surface area contributed by atoms with E-state index in [-0.39, 0.29) is 17.7 Å². The van der Waals surface area contributed by atoms with Gasteiger partial charge in [0.2, 0.25) is 0 Å². The Morgan fingerprint density at radius 1 is 1.17 bits per heavy atom. The molecule has 29 heavy (non-hydrogen) atoms. The fourth-order valence-electron chi connectivity index (χ4n) is 4.15. The fraction of sp³-hybridized carbons (Fsp3) is 0.478. The lowest BCUT2D eigenvalue weighted by molar-refractivity contribution is 0.0594. The maximum Gasteiger partial charge on any atom is 0.272 e. The van der Waals surface area contributed by atoms with Crippen molar-refractivity contribution in [2.45, 2.75) is 69.6 Å². The van der Waals surface area contributed by atoms with Gasteiger partial charge in [0.1, 0.15) is 5.69 Å². The molecule has 2 aromatic rings. The van der Waals surface area contributed by atoms with Crippen LogP contribution >= 0.6 is 0 Å². The Morgan fingerprint density at radius 3 is 2.69 bits per heavy atom. The number of benzene rings is 1. The molecule has 0 spiro atoms. The number of likely N-dealkylation sites (tertiary alicyclic amines) is 1. The summed E-state index contributed by atoms with van der Waals surface area (Å²) in [5, 5.41) is 0. The smallest absolute Gasteiger partial charge is 0.272 e. The van der Waals surface area contributed by atoms with E-state index in [4.69, 9.17) is 0 Å². The number of aromatic nitrogens is 1. The topological polar surface area (TPSA) is 67.3 Å². The van der Waals surface area contributed by atoms with Crippen molar-refractivity contribution in [3.8, 4) is 0 Å². The zero-order valence-electron chi connectivity index (χ0n) is 17.5. The number of nitrogens with zero attached hydrogens (tertiary/aromatic N) is 2. The second kappa shape index (κ2) is 9.08. The van der Waals surface area contributed by atoms with Crippen LogP contribution in [0.2, 0.25) is 0 Å². The van der Waals surface area contributed by atoms with E-state index in [0.29, 0.717) is 16.3 Å². The van der Waals surface area contributed by atoms with Gasteiger partial charge in [-0.1, -0.05) is 37.1 Å². The molecule has 0 aliphatic carbocycles. The van der Waals surface area contributed by atoms with Gasteiger partial charge in [0.25, 0.3) is 5.91 Å². The molecule has 1 aliphatic rings. The Labute approximate surface area is 174 Å². The molecule has 1 unspecified atom stereocenters. The lowest BCUT2D eigenvalue weighted by Crippen LogP contribution is -2.44. The second-order valence-electron chi connectivity index (χ2n) is 7.98. The Kier molecular flexibility index (Phi) is 6.73. The van der Waals surface area contributed by atoms with Crippen LogP contribution in [-0.2, 0) is 15.6 Å². The Morgan fingerprint density at radius 2 is 1.97 bits per heavy atom. The van der Waals surface area contributed by atoms with Crippen molar-refractivity contribution >= 4 is 15.7 Å². The van der Waals surface area contributed by atoms with Crippen LogP contribution < -0.4 is 0 Å². The number of carbonyl (C=O) groups excluding carboxylic acids is 1. The third kappa shape index (κ3) is 5.04. The molecule has 0 radical (unpaired) electrons. The van der Waals surface area contributed by atoms with Gasteiger partial charge in [-0.25, -0.2) is 13.4 Å². The molecule has 1 fully saturated rings. The van der Waals surface area contributed by atoms with Crippen molar-refractivity contribution in [1.82, 2.24) is 9.88 Å². The molecule has 2 heterocycles. The predicted octanol–water partition coefficient (Wildman–Crippen LogP) is 4.47. The highest BCUT2D eigenvalue weighted by Gasteiger charge is 2.28. The zero-order valence-corrected chi connectivity index (χ0v) is 18.3. The van der Waals surface area contributed by atoms with Gasteiger partial charge in [-0.15, -0.1) is 0 Å². The van der Waals surface area contributed by atoms with Crippen molar-refractivity contribution in [1.29, 1.82) is 0 Å². The number of amides is 1. The van der Waals surface area contributed by atoms with Gasteiger partial charge in [-0.05, 0) is 63.3 Å². The molecule has 156 valence electrons. The average Bonchev–Trinajstić information content (AvgIpc) is 2.67. The first-order chi connectivity index (χ1) is 13.8. The maximum absolute atomic E-state index is 13.1. The number of rotatable bonds is 6. The fourth-order valence-corrected chi connectivity index (χ4v) is 5.68. The summed E-state index contributed by atoms with van der Waals surface area (Å²) in [4.78, 5) is 19.8. The van der Waals surface area contributed by atoms with E-state index < -0.39 is 9.84 Å². The summed E-state index contributed by atoms with van der Waals surface area (Å²) in [6.07, 6.45) is 5.21. The summed E-state index contributed by atoms with van der Waals surface area (Å²) in [7, 11) is -3.53. The van der Waals surface area contributed by atoms with Gasteiger partial charge in [0.05, 0.1) is 16.3 Å². The third-order valence-corrected chi connectivity index (χ3v) is 7.34. The van der Waals surface area contributed by atoms with Crippen LogP contribution in [0.15, 0.2) is 41.3 Å². The molecule has 0 bridgehead atoms. The molecular weight excluding hydrogens is 384 g/mol. The van der Waals surface area contributed by atoms with E-state index >= 15 is 0 Å². The Hall–Kier alpha value is -2.21. The van der Waals surface area contributed by atoms with Crippen molar-refractivity contribution in [2.24, 2.45) is 0 Å². The first kappa shape index (κ1) is 21.5. The second-order valence-corrected chi connectivity index (χ2v) is 9.94. The molecule has 3 rings (SSSR count). The molecule has 1 aromatic carbocycles. The van der Waals surface area contributed by atoms with Gasteiger partial charge in [-0.3, -0.25) is 4.79 Å². The SMILES string of the molecule is CCCC1CCCCN1C(=O)c1cccc(CS(=O)(=O)c2ccc(C)cc2C)n1. The lowest BCUT2D eigenvalue weighted by atomic mass is 9.98. The number of hydrogen-bond donors (Lipinski definition) is 0. The van der Waals surface area contributed by atoms with Crippen LogP contribution in [0.25, 0.3) is 0 Å². The van der Waals surface area contributed by atoms with E-state index in [0.717, 1.165) is 49.8 Å². The maximum atomic E-state index is 13.1. The highest BCUT2D eigenvalue weighted by atomic mass is 32.2. The third-order valence-electron chi connectivity index (χ3n) is 5.54. The molecule has 5 nitrogen and oxygen atoms in total. The normalized spacial score (nSPS) is 17.3. The zero-order chi connectivity index (χ0) is 21.0. The van der Waals surface area contributed by atoms with Crippen molar-refractivity contribution in [2.75, 3.05) is 6.54 Å². The van der Waals surface area contributed by atoms with Gasteiger partial charge in [-0.2, -0.15) is 0 Å². The summed E-state index contributed by atoms with van der Waals surface area (Å²) >= 11 is 0. The first-order valence-corrected chi connectivity index (χ1v) is 12.0. The lowest BCUT2D eigenvalue weighted by Gasteiger charge is -2.35. The molecule has 1 aliphatic heterocycles. The number of aryl methyl sites for hydroxylation is 2. The Bertz CT molecular complexity index is 983. The number of pyridine rings is 1. The number of piperidine rings is 1. The highest BCUT2D eigenvalue weighted by Crippen LogP contribution is 2.24. The molecule has 1 saturated heterocycles. The number of hydrogen-bond acceptors (Lipinski definition) is 4. The van der Waals surface area contributed by atoms with Crippen LogP contribution in [0.4, 0.5) is 0 Å². The highest BCUT2D eigenvalue weighted by molar-refractivity contribution is 7.90. The Balaban J connectivity index is 1.82. The van der Waals surface area contributed by atoms with Crippen LogP contribution in [0.5, 0.6) is 0 Å². The molecule has 0 saturated carbocycles. The largest absolute Gasteiger partial charge is 0.334 e. The standard InChI is InChI=1S/C23H30N2O3S/c1-4-8-20-10-5-6-14-25(20)23(26)21-11-7-9-19(24-21)16-29(27,28)22-13-12-17(2)15-18(22)3/h7,9,11-13,15,20H,4-6,8,10,14,16H2,1-3H3. The minimum atomic E-state index is -3.53. The average molecular weight is 415 g/mol. The minimum absolute atomic E-state index is 0.0890. The van der Waals surface area contributed by atoms with E-state index in [1.54, 1.807) is 37.3 Å². The van der Waals surface area contributed by atoms with Crippen LogP contribution in [0, 0.1) is 13.8 Å². The van der Waals surface area contributed by atoms with Crippen molar-refractivity contribution < 1.29 is 13.2 Å². The summed E-state index contributed by atoms with van der Waals surface area (Å²) in [6.45, 7) is 6.62. The predicted molar refractivity (Wildman–Crippen MR) is 115 cm³/mol. The number of carbonyl (C=O) groups is 1. The van der Waals surface area contributed by atoms with Gasteiger partial charge >= 0.3 is 0 Å². The van der Waals surface area contributed by atoms with E-state index in [2.05, 4.69) is 11.9 Å². The van der Waals surface area contributed by atoms with E-state index in [1.807, 2.05) is 17.9 Å². The molecule has 1 amide bonds. The van der Waals surface area contributed by atoms with Gasteiger partial charge in [0, 0.05) is 12.6 Å². The number of sulfone groups is 1. The van der Waals surface area contributed by atoms with E-state index in [9.17, 15) is 13.2 Å². The molecule has 6 heteroatoms. The minimum Gasteiger partial charge on any atom is -0.334 e. The first-order valence-electron chi connectivity index (χ1n) is 10.4.